The number of carbonyl (C=O) groups is 2. The van der Waals surface area contributed by atoms with Crippen molar-refractivity contribution in [2.75, 3.05) is 0 Å². The molecule has 0 radical (unpaired) electrons. The van der Waals surface area contributed by atoms with Crippen molar-refractivity contribution < 1.29 is 22.8 Å². The fraction of sp³-hybridized carbons (Fsp3) is 0.167. The molecule has 4 aromatic rings. The number of aromatic amines is 1. The van der Waals surface area contributed by atoms with Crippen LogP contribution < -0.4 is 10.6 Å². The first-order valence-electron chi connectivity index (χ1n) is 10.5. The maximum atomic E-state index is 14.5. The van der Waals surface area contributed by atoms with Crippen molar-refractivity contribution in [3.8, 4) is 0 Å². The number of fused-ring (bicyclic) bond motifs is 1. The molecule has 0 bridgehead atoms. The second-order valence-electron chi connectivity index (χ2n) is 7.80. The summed E-state index contributed by atoms with van der Waals surface area (Å²) in [5, 5.41) is 6.03. The maximum absolute atomic E-state index is 14.5. The Kier molecular flexibility index (Phi) is 7.02. The van der Waals surface area contributed by atoms with Crippen molar-refractivity contribution in [1.82, 2.24) is 25.6 Å². The first kappa shape index (κ1) is 24.2. The summed E-state index contributed by atoms with van der Waals surface area (Å²) in [5.41, 5.74) is 0.956. The van der Waals surface area contributed by atoms with Gasteiger partial charge in [-0.2, -0.15) is 0 Å². The molecule has 7 nitrogen and oxygen atoms in total. The summed E-state index contributed by atoms with van der Waals surface area (Å²) in [6.45, 7) is 1.01. The fourth-order valence-electron chi connectivity index (χ4n) is 3.47. The van der Waals surface area contributed by atoms with E-state index in [1.54, 1.807) is 12.3 Å². The first-order valence-corrected chi connectivity index (χ1v) is 10.8. The van der Waals surface area contributed by atoms with Crippen LogP contribution in [0.25, 0.3) is 10.9 Å². The number of hydrogen-bond donors (Lipinski definition) is 3. The minimum Gasteiger partial charge on any atom is -0.360 e. The molecule has 3 N–H and O–H groups in total. The molecule has 180 valence electrons. The zero-order valence-electron chi connectivity index (χ0n) is 18.4. The molecule has 0 spiro atoms. The molecule has 0 aliphatic carbocycles. The molecule has 2 aromatic heterocycles. The average molecular weight is 502 g/mol. The minimum absolute atomic E-state index is 0.00649. The predicted octanol–water partition coefficient (Wildman–Crippen LogP) is 4.19. The van der Waals surface area contributed by atoms with E-state index in [9.17, 15) is 22.8 Å². The lowest BCUT2D eigenvalue weighted by molar-refractivity contribution is -0.119. The standard InChI is InChI=1S/C24H19ClF3N5O2/c1-12(34)30-7-14-3-2-13(22(27)23(14)28)4-16-9-29-11-21(33-16)24(35)32-8-15-5-17-18(25)10-31-20(17)6-19(15)26/h2-3,5-6,9-11,31H,4,7-8H2,1H3,(H,30,34)(H,32,35). The van der Waals surface area contributed by atoms with Gasteiger partial charge in [0.05, 0.1) is 16.9 Å². The van der Waals surface area contributed by atoms with E-state index < -0.39 is 23.4 Å². The van der Waals surface area contributed by atoms with Gasteiger partial charge in [0.2, 0.25) is 5.91 Å². The highest BCUT2D eigenvalue weighted by Crippen LogP contribution is 2.26. The summed E-state index contributed by atoms with van der Waals surface area (Å²) in [6.07, 6.45) is 3.98. The van der Waals surface area contributed by atoms with Crippen LogP contribution in [0.3, 0.4) is 0 Å². The largest absolute Gasteiger partial charge is 0.360 e. The quantitative estimate of drug-likeness (QED) is 0.353. The molecular weight excluding hydrogens is 483 g/mol. The average Bonchev–Trinajstić information content (AvgIpc) is 3.19. The highest BCUT2D eigenvalue weighted by Gasteiger charge is 2.16. The number of benzene rings is 2. The van der Waals surface area contributed by atoms with Gasteiger partial charge < -0.3 is 15.6 Å². The second-order valence-corrected chi connectivity index (χ2v) is 8.21. The van der Waals surface area contributed by atoms with Gasteiger partial charge in [-0.1, -0.05) is 23.7 Å². The molecule has 2 heterocycles. The number of carbonyl (C=O) groups excluding carboxylic acids is 2. The van der Waals surface area contributed by atoms with Crippen molar-refractivity contribution in [3.63, 3.8) is 0 Å². The van der Waals surface area contributed by atoms with E-state index in [0.717, 1.165) is 0 Å². The van der Waals surface area contributed by atoms with Crippen molar-refractivity contribution in [1.29, 1.82) is 0 Å². The summed E-state index contributed by atoms with van der Waals surface area (Å²) < 4.78 is 43.2. The Morgan fingerprint density at radius 2 is 1.71 bits per heavy atom. The molecule has 2 amide bonds. The number of halogens is 4. The number of rotatable bonds is 7. The summed E-state index contributed by atoms with van der Waals surface area (Å²) in [5.74, 6) is -3.64. The van der Waals surface area contributed by atoms with Gasteiger partial charge in [0.15, 0.2) is 11.6 Å². The molecule has 0 unspecified atom stereocenters. The van der Waals surface area contributed by atoms with Crippen LogP contribution in [-0.4, -0.2) is 26.8 Å². The molecule has 4 rings (SSSR count). The SMILES string of the molecule is CC(=O)NCc1ccc(Cc2cncc(C(=O)NCc3cc4c(Cl)c[nH]c4cc3F)n2)c(F)c1F. The lowest BCUT2D eigenvalue weighted by atomic mass is 10.1. The van der Waals surface area contributed by atoms with Crippen LogP contribution in [0.15, 0.2) is 42.9 Å². The normalized spacial score (nSPS) is 11.0. The van der Waals surface area contributed by atoms with Crippen LogP contribution >= 0.6 is 11.6 Å². The number of aromatic nitrogens is 3. The second kappa shape index (κ2) is 10.1. The third-order valence-corrected chi connectivity index (χ3v) is 5.61. The topological polar surface area (TPSA) is 99.8 Å². The van der Waals surface area contributed by atoms with Crippen LogP contribution in [-0.2, 0) is 24.3 Å². The number of hydrogen-bond acceptors (Lipinski definition) is 4. The molecule has 0 saturated carbocycles. The Morgan fingerprint density at radius 1 is 1.00 bits per heavy atom. The van der Waals surface area contributed by atoms with Crippen molar-refractivity contribution in [2.24, 2.45) is 0 Å². The van der Waals surface area contributed by atoms with Gasteiger partial charge in [-0.15, -0.1) is 0 Å². The predicted molar refractivity (Wildman–Crippen MR) is 123 cm³/mol. The molecule has 0 aliphatic rings. The Balaban J connectivity index is 1.46. The molecule has 2 aromatic carbocycles. The molecular formula is C24H19ClF3N5O2. The Labute approximate surface area is 202 Å². The van der Waals surface area contributed by atoms with E-state index in [4.69, 9.17) is 11.6 Å². The van der Waals surface area contributed by atoms with Crippen LogP contribution in [0.1, 0.15) is 39.8 Å². The van der Waals surface area contributed by atoms with E-state index in [1.807, 2.05) is 0 Å². The zero-order valence-corrected chi connectivity index (χ0v) is 19.1. The van der Waals surface area contributed by atoms with Crippen LogP contribution in [0.2, 0.25) is 5.02 Å². The van der Waals surface area contributed by atoms with Gasteiger partial charge in [0.1, 0.15) is 11.5 Å². The smallest absolute Gasteiger partial charge is 0.271 e. The van der Waals surface area contributed by atoms with Gasteiger partial charge in [-0.25, -0.2) is 18.2 Å². The van der Waals surface area contributed by atoms with E-state index in [0.29, 0.717) is 15.9 Å². The Bertz CT molecular complexity index is 1440. The Hall–Kier alpha value is -3.92. The highest BCUT2D eigenvalue weighted by molar-refractivity contribution is 6.35. The highest BCUT2D eigenvalue weighted by atomic mass is 35.5. The van der Waals surface area contributed by atoms with Crippen molar-refractivity contribution >= 4 is 34.3 Å². The van der Waals surface area contributed by atoms with Gasteiger partial charge in [0.25, 0.3) is 5.91 Å². The van der Waals surface area contributed by atoms with Crippen molar-refractivity contribution in [2.45, 2.75) is 26.4 Å². The summed E-state index contributed by atoms with van der Waals surface area (Å²) in [7, 11) is 0. The maximum Gasteiger partial charge on any atom is 0.271 e. The Morgan fingerprint density at radius 3 is 2.49 bits per heavy atom. The first-order chi connectivity index (χ1) is 16.7. The van der Waals surface area contributed by atoms with E-state index in [-0.39, 0.29) is 53.5 Å². The van der Waals surface area contributed by atoms with Crippen molar-refractivity contribution in [3.05, 3.63) is 93.4 Å². The third-order valence-electron chi connectivity index (χ3n) is 5.30. The molecule has 0 atom stereocenters. The summed E-state index contributed by atoms with van der Waals surface area (Å²) in [6, 6.07) is 5.59. The minimum atomic E-state index is -1.07. The van der Waals surface area contributed by atoms with E-state index >= 15 is 0 Å². The van der Waals surface area contributed by atoms with Crippen LogP contribution in [0.4, 0.5) is 13.2 Å². The third kappa shape index (κ3) is 5.43. The number of nitrogens with one attached hydrogen (secondary N) is 3. The number of H-pyrrole nitrogens is 1. The van der Waals surface area contributed by atoms with Gasteiger partial charge >= 0.3 is 0 Å². The summed E-state index contributed by atoms with van der Waals surface area (Å²) in [4.78, 5) is 34.6. The number of nitrogens with zero attached hydrogens (tertiary/aromatic N) is 2. The molecule has 11 heteroatoms. The zero-order chi connectivity index (χ0) is 25.1. The van der Waals surface area contributed by atoms with Gasteiger partial charge in [0, 0.05) is 60.9 Å². The van der Waals surface area contributed by atoms with E-state index in [2.05, 4.69) is 25.6 Å². The molecule has 0 aliphatic heterocycles. The molecule has 0 fully saturated rings. The number of amides is 2. The summed E-state index contributed by atoms with van der Waals surface area (Å²) >= 11 is 6.07. The van der Waals surface area contributed by atoms with Gasteiger partial charge in [-0.3, -0.25) is 14.6 Å². The van der Waals surface area contributed by atoms with Crippen LogP contribution in [0, 0.1) is 17.5 Å². The molecule has 0 saturated heterocycles. The monoisotopic (exact) mass is 501 g/mol. The fourth-order valence-corrected chi connectivity index (χ4v) is 3.68. The van der Waals surface area contributed by atoms with Gasteiger partial charge in [-0.05, 0) is 17.7 Å². The van der Waals surface area contributed by atoms with E-state index in [1.165, 1.54) is 37.5 Å². The lowest BCUT2D eigenvalue weighted by Crippen LogP contribution is -2.25. The molecule has 35 heavy (non-hydrogen) atoms. The van der Waals surface area contributed by atoms with Crippen LogP contribution in [0.5, 0.6) is 0 Å². The lowest BCUT2D eigenvalue weighted by Gasteiger charge is -2.10.